The lowest BCUT2D eigenvalue weighted by Gasteiger charge is -2.34. The van der Waals surface area contributed by atoms with Crippen LogP contribution in [0.5, 0.6) is 0 Å². The fraction of sp³-hybridized carbons (Fsp3) is 0.323. The number of nitrogens with two attached hydrogens (primary N) is 1. The molecular formula is C31H39ClFN2P. The van der Waals surface area contributed by atoms with Crippen molar-refractivity contribution in [2.45, 2.75) is 45.7 Å². The van der Waals surface area contributed by atoms with Gasteiger partial charge in [0.05, 0.1) is 0 Å². The minimum Gasteiger partial charge on any atom is -0.399 e. The van der Waals surface area contributed by atoms with Gasteiger partial charge in [-0.1, -0.05) is 67.1 Å². The maximum absolute atomic E-state index is 13.2. The number of allylic oxidation sites excluding steroid dienone is 5. The minimum atomic E-state index is -0.191. The molecule has 1 aliphatic carbocycles. The molecule has 2 N–H and O–H groups in total. The maximum Gasteiger partial charge on any atom is 0.123 e. The van der Waals surface area contributed by atoms with E-state index >= 15 is 0 Å². The van der Waals surface area contributed by atoms with Crippen LogP contribution in [0.1, 0.15) is 49.8 Å². The molecule has 1 aliphatic rings. The van der Waals surface area contributed by atoms with Crippen molar-refractivity contribution < 1.29 is 4.39 Å². The number of hydrogen-bond donors (Lipinski definition) is 1. The van der Waals surface area contributed by atoms with E-state index < -0.39 is 0 Å². The van der Waals surface area contributed by atoms with E-state index in [1.54, 1.807) is 13.3 Å². The molecule has 0 saturated carbocycles. The molecule has 192 valence electrons. The SMILES string of the molecule is C=CCC1(C)CC=C(Cc2ccc(F)cc2)C=C1CCPCc1ccc(Cl)cc1C(=C)N.CC=NC. The summed E-state index contributed by atoms with van der Waals surface area (Å²) in [5, 5.41) is 0.687. The maximum atomic E-state index is 13.2. The van der Waals surface area contributed by atoms with Crippen LogP contribution in [-0.2, 0) is 12.6 Å². The molecule has 0 heterocycles. The number of halogens is 2. The number of benzene rings is 2. The van der Waals surface area contributed by atoms with Crippen molar-refractivity contribution in [3.63, 3.8) is 0 Å². The first-order valence-corrected chi connectivity index (χ1v) is 14.1. The highest BCUT2D eigenvalue weighted by molar-refractivity contribution is 7.37. The highest BCUT2D eigenvalue weighted by atomic mass is 35.5. The Balaban J connectivity index is 0.00000106. The lowest BCUT2D eigenvalue weighted by molar-refractivity contribution is 0.391. The van der Waals surface area contributed by atoms with Gasteiger partial charge in [-0.15, -0.1) is 15.2 Å². The van der Waals surface area contributed by atoms with E-state index in [0.29, 0.717) is 10.7 Å². The second kappa shape index (κ2) is 14.9. The summed E-state index contributed by atoms with van der Waals surface area (Å²) in [6, 6.07) is 12.7. The van der Waals surface area contributed by atoms with Crippen LogP contribution in [-0.4, -0.2) is 19.4 Å². The molecule has 0 saturated heterocycles. The Morgan fingerprint density at radius 3 is 2.56 bits per heavy atom. The van der Waals surface area contributed by atoms with Gasteiger partial charge in [-0.25, -0.2) is 4.39 Å². The van der Waals surface area contributed by atoms with Crippen LogP contribution in [0.2, 0.25) is 5.02 Å². The summed E-state index contributed by atoms with van der Waals surface area (Å²) in [6.45, 7) is 12.1. The molecule has 2 aromatic rings. The Hall–Kier alpha value is -2.48. The van der Waals surface area contributed by atoms with E-state index in [4.69, 9.17) is 17.3 Å². The molecule has 2 unspecified atom stereocenters. The summed E-state index contributed by atoms with van der Waals surface area (Å²) in [5.41, 5.74) is 12.8. The van der Waals surface area contributed by atoms with Crippen LogP contribution < -0.4 is 5.73 Å². The largest absolute Gasteiger partial charge is 0.399 e. The van der Waals surface area contributed by atoms with E-state index in [1.807, 2.05) is 37.3 Å². The van der Waals surface area contributed by atoms with Crippen molar-refractivity contribution in [1.29, 1.82) is 0 Å². The number of aliphatic imine (C=N–C) groups is 1. The second-order valence-electron chi connectivity index (χ2n) is 9.28. The van der Waals surface area contributed by atoms with E-state index in [2.05, 4.69) is 43.3 Å². The first-order valence-electron chi connectivity index (χ1n) is 12.3. The molecule has 3 rings (SSSR count). The van der Waals surface area contributed by atoms with Crippen LogP contribution in [0.25, 0.3) is 5.70 Å². The third-order valence-electron chi connectivity index (χ3n) is 6.43. The first-order chi connectivity index (χ1) is 17.2. The average Bonchev–Trinajstić information content (AvgIpc) is 2.86. The van der Waals surface area contributed by atoms with Gasteiger partial charge in [0.2, 0.25) is 0 Å². The van der Waals surface area contributed by atoms with Gasteiger partial charge in [-0.3, -0.25) is 0 Å². The highest BCUT2D eigenvalue weighted by Gasteiger charge is 2.29. The predicted octanol–water partition coefficient (Wildman–Crippen LogP) is 8.77. The molecular weight excluding hydrogens is 486 g/mol. The molecule has 2 atom stereocenters. The molecule has 0 fully saturated rings. The molecule has 0 aliphatic heterocycles. The van der Waals surface area contributed by atoms with E-state index in [-0.39, 0.29) is 11.2 Å². The molecule has 36 heavy (non-hydrogen) atoms. The van der Waals surface area contributed by atoms with Gasteiger partial charge in [-0.05, 0) is 97.5 Å². The van der Waals surface area contributed by atoms with E-state index in [0.717, 1.165) is 57.7 Å². The van der Waals surface area contributed by atoms with Crippen molar-refractivity contribution >= 4 is 32.1 Å². The Morgan fingerprint density at radius 2 is 1.94 bits per heavy atom. The standard InChI is InChI=1S/C28H32ClFNP.C3H7N/c1-4-13-28(3)14-11-22(16-21-5-9-26(30)10-6-21)17-24(28)12-15-32-19-23-7-8-25(29)18-27(23)20(2)31;1-3-4-2/h4-11,17-18,32H,1-2,12-16,19,31H2,3H3;3H,1-2H3. The van der Waals surface area contributed by atoms with E-state index in [9.17, 15) is 4.39 Å². The van der Waals surface area contributed by atoms with Gasteiger partial charge in [0.1, 0.15) is 5.82 Å². The zero-order valence-electron chi connectivity index (χ0n) is 21.8. The Labute approximate surface area is 223 Å². The van der Waals surface area contributed by atoms with Crippen molar-refractivity contribution in [2.24, 2.45) is 16.1 Å². The fourth-order valence-corrected chi connectivity index (χ4v) is 5.63. The predicted molar refractivity (Wildman–Crippen MR) is 160 cm³/mol. The summed E-state index contributed by atoms with van der Waals surface area (Å²) < 4.78 is 13.2. The monoisotopic (exact) mass is 524 g/mol. The zero-order chi connectivity index (χ0) is 26.6. The average molecular weight is 525 g/mol. The van der Waals surface area contributed by atoms with Gasteiger partial charge in [0.25, 0.3) is 0 Å². The van der Waals surface area contributed by atoms with Gasteiger partial charge >= 0.3 is 0 Å². The lowest BCUT2D eigenvalue weighted by Crippen LogP contribution is -2.21. The molecule has 0 aromatic heterocycles. The molecule has 5 heteroatoms. The fourth-order valence-electron chi connectivity index (χ4n) is 4.26. The molecule has 2 nitrogen and oxygen atoms in total. The summed E-state index contributed by atoms with van der Waals surface area (Å²) in [7, 11) is 2.54. The van der Waals surface area contributed by atoms with Gasteiger partial charge in [0.15, 0.2) is 0 Å². The Bertz CT molecular complexity index is 1110. The van der Waals surface area contributed by atoms with E-state index in [1.165, 1.54) is 28.8 Å². The normalized spacial score (nSPS) is 17.5. The van der Waals surface area contributed by atoms with Crippen LogP contribution >= 0.6 is 20.2 Å². The van der Waals surface area contributed by atoms with Crippen LogP contribution in [0.15, 0.2) is 90.0 Å². The second-order valence-corrected chi connectivity index (χ2v) is 11.1. The van der Waals surface area contributed by atoms with Crippen molar-refractivity contribution in [2.75, 3.05) is 13.2 Å². The summed E-state index contributed by atoms with van der Waals surface area (Å²) in [5.74, 6) is -0.191. The molecule has 0 radical (unpaired) electrons. The smallest absolute Gasteiger partial charge is 0.123 e. The Kier molecular flexibility index (Phi) is 12.3. The van der Waals surface area contributed by atoms with Crippen LogP contribution in [0.4, 0.5) is 4.39 Å². The van der Waals surface area contributed by atoms with Crippen molar-refractivity contribution in [1.82, 2.24) is 0 Å². The van der Waals surface area contributed by atoms with Crippen LogP contribution in [0, 0.1) is 11.2 Å². The van der Waals surface area contributed by atoms with Gasteiger partial charge in [0, 0.05) is 23.3 Å². The topological polar surface area (TPSA) is 38.4 Å². The highest BCUT2D eigenvalue weighted by Crippen LogP contribution is 2.43. The Morgan fingerprint density at radius 1 is 1.25 bits per heavy atom. The third-order valence-corrected chi connectivity index (χ3v) is 7.90. The summed E-state index contributed by atoms with van der Waals surface area (Å²) >= 11 is 6.13. The lowest BCUT2D eigenvalue weighted by atomic mass is 9.71. The molecule has 2 aromatic carbocycles. The van der Waals surface area contributed by atoms with Gasteiger partial charge in [-0.2, -0.15) is 0 Å². The number of hydrogen-bond acceptors (Lipinski definition) is 2. The summed E-state index contributed by atoms with van der Waals surface area (Å²) in [6.07, 6.45) is 14.5. The first kappa shape index (κ1) is 29.7. The molecule has 0 amide bonds. The third kappa shape index (κ3) is 9.19. The minimum absolute atomic E-state index is 0.121. The van der Waals surface area contributed by atoms with Gasteiger partial charge < -0.3 is 10.7 Å². The summed E-state index contributed by atoms with van der Waals surface area (Å²) in [4.78, 5) is 3.61. The zero-order valence-corrected chi connectivity index (χ0v) is 23.5. The van der Waals surface area contributed by atoms with Crippen molar-refractivity contribution in [3.8, 4) is 0 Å². The molecule has 0 bridgehead atoms. The van der Waals surface area contributed by atoms with Crippen molar-refractivity contribution in [3.05, 3.63) is 113 Å². The molecule has 0 spiro atoms. The van der Waals surface area contributed by atoms with Crippen LogP contribution in [0.3, 0.4) is 0 Å². The number of nitrogens with zero attached hydrogens (tertiary/aromatic N) is 1. The number of rotatable bonds is 10. The quantitative estimate of drug-likeness (QED) is 0.143.